The van der Waals surface area contributed by atoms with Crippen molar-refractivity contribution in [2.75, 3.05) is 19.7 Å². The van der Waals surface area contributed by atoms with Gasteiger partial charge in [0.2, 0.25) is 5.91 Å². The number of rotatable bonds is 4. The number of nitrogens with zero attached hydrogens (tertiary/aromatic N) is 1. The smallest absolute Gasteiger partial charge is 0.416 e. The predicted octanol–water partition coefficient (Wildman–Crippen LogP) is 1.59. The number of nitrogens with two attached hydrogens (primary N) is 1. The number of likely N-dealkylation sites (tertiary alicyclic amines) is 1. The molecule has 25 heavy (non-hydrogen) atoms. The molecule has 1 aromatic carbocycles. The van der Waals surface area contributed by atoms with E-state index < -0.39 is 36.1 Å². The average molecular weight is 358 g/mol. The molecule has 1 aliphatic rings. The Bertz CT molecular complexity index is 650. The van der Waals surface area contributed by atoms with Gasteiger partial charge in [-0.1, -0.05) is 0 Å². The number of carbonyl (C=O) groups excluding carboxylic acids is 3. The fraction of sp³-hybridized carbons (Fsp3) is 0.438. The van der Waals surface area contributed by atoms with Crippen LogP contribution in [0.15, 0.2) is 24.3 Å². The molecular formula is C16H17F3N2O4. The van der Waals surface area contributed by atoms with Crippen LogP contribution in [-0.4, -0.2) is 42.4 Å². The maximum Gasteiger partial charge on any atom is 0.416 e. The lowest BCUT2D eigenvalue weighted by Crippen LogP contribution is -2.43. The molecule has 0 atom stereocenters. The molecule has 0 aliphatic carbocycles. The van der Waals surface area contributed by atoms with E-state index in [1.807, 2.05) is 0 Å². The van der Waals surface area contributed by atoms with Crippen molar-refractivity contribution in [3.05, 3.63) is 35.4 Å². The molecule has 0 saturated carbocycles. The maximum absolute atomic E-state index is 12.5. The van der Waals surface area contributed by atoms with E-state index in [9.17, 15) is 27.6 Å². The van der Waals surface area contributed by atoms with E-state index in [1.165, 1.54) is 4.90 Å². The number of halogens is 3. The zero-order chi connectivity index (χ0) is 18.6. The van der Waals surface area contributed by atoms with Gasteiger partial charge in [-0.05, 0) is 37.1 Å². The minimum Gasteiger partial charge on any atom is -0.452 e. The van der Waals surface area contributed by atoms with Crippen LogP contribution >= 0.6 is 0 Å². The summed E-state index contributed by atoms with van der Waals surface area (Å²) in [5, 5.41) is 0. The first-order valence-corrected chi connectivity index (χ1v) is 7.60. The van der Waals surface area contributed by atoms with E-state index in [0.717, 1.165) is 24.3 Å². The van der Waals surface area contributed by atoms with Gasteiger partial charge in [-0.2, -0.15) is 13.2 Å². The van der Waals surface area contributed by atoms with E-state index in [2.05, 4.69) is 0 Å². The van der Waals surface area contributed by atoms with Gasteiger partial charge in [0.25, 0.3) is 5.91 Å². The van der Waals surface area contributed by atoms with Crippen LogP contribution in [0.5, 0.6) is 0 Å². The Morgan fingerprint density at radius 3 is 2.16 bits per heavy atom. The number of hydrogen-bond acceptors (Lipinski definition) is 4. The summed E-state index contributed by atoms with van der Waals surface area (Å²) in [5.41, 5.74) is 4.25. The van der Waals surface area contributed by atoms with Gasteiger partial charge >= 0.3 is 12.1 Å². The first-order chi connectivity index (χ1) is 11.7. The van der Waals surface area contributed by atoms with Crippen LogP contribution < -0.4 is 5.73 Å². The molecule has 1 aromatic rings. The van der Waals surface area contributed by atoms with Crippen LogP contribution in [0.25, 0.3) is 0 Å². The zero-order valence-electron chi connectivity index (χ0n) is 13.2. The fourth-order valence-corrected chi connectivity index (χ4v) is 2.51. The monoisotopic (exact) mass is 358 g/mol. The summed E-state index contributed by atoms with van der Waals surface area (Å²) >= 11 is 0. The molecule has 2 N–H and O–H groups in total. The highest BCUT2D eigenvalue weighted by Crippen LogP contribution is 2.29. The highest BCUT2D eigenvalue weighted by atomic mass is 19.4. The van der Waals surface area contributed by atoms with Gasteiger partial charge in [-0.3, -0.25) is 9.59 Å². The van der Waals surface area contributed by atoms with Crippen LogP contribution in [0.3, 0.4) is 0 Å². The van der Waals surface area contributed by atoms with Gasteiger partial charge in [0.05, 0.1) is 11.1 Å². The quantitative estimate of drug-likeness (QED) is 0.828. The summed E-state index contributed by atoms with van der Waals surface area (Å²) in [5.74, 6) is -1.98. The lowest BCUT2D eigenvalue weighted by atomic mass is 9.96. The largest absolute Gasteiger partial charge is 0.452 e. The molecule has 1 fully saturated rings. The van der Waals surface area contributed by atoms with E-state index >= 15 is 0 Å². The number of piperidine rings is 1. The van der Waals surface area contributed by atoms with Crippen molar-refractivity contribution < 1.29 is 32.3 Å². The minimum atomic E-state index is -4.49. The number of alkyl halides is 3. The topological polar surface area (TPSA) is 89.7 Å². The summed E-state index contributed by atoms with van der Waals surface area (Å²) in [6.07, 6.45) is -3.59. The van der Waals surface area contributed by atoms with Crippen molar-refractivity contribution in [3.63, 3.8) is 0 Å². The summed E-state index contributed by atoms with van der Waals surface area (Å²) in [6.45, 7) is 0.162. The molecule has 0 spiro atoms. The minimum absolute atomic E-state index is 0.0757. The van der Waals surface area contributed by atoms with Crippen LogP contribution in [0.1, 0.15) is 28.8 Å². The van der Waals surface area contributed by atoms with E-state index in [1.54, 1.807) is 0 Å². The maximum atomic E-state index is 12.5. The van der Waals surface area contributed by atoms with Gasteiger partial charge in [0.15, 0.2) is 6.61 Å². The molecule has 1 heterocycles. The lowest BCUT2D eigenvalue weighted by molar-refractivity contribution is -0.137. The standard InChI is InChI=1S/C16H17F3N2O4/c17-16(18,19)12-3-1-11(2-4-12)15(24)25-9-13(22)21-7-5-10(6-8-21)14(20)23/h1-4,10H,5-9H2,(H2,20,23). The normalized spacial score (nSPS) is 15.7. The number of benzene rings is 1. The number of hydrogen-bond donors (Lipinski definition) is 1. The molecular weight excluding hydrogens is 341 g/mol. The Kier molecular flexibility index (Phi) is 5.66. The van der Waals surface area contributed by atoms with Gasteiger partial charge in [-0.15, -0.1) is 0 Å². The molecule has 1 aliphatic heterocycles. The number of ether oxygens (including phenoxy) is 1. The molecule has 0 bridgehead atoms. The molecule has 0 aromatic heterocycles. The van der Waals surface area contributed by atoms with Crippen molar-refractivity contribution in [2.45, 2.75) is 19.0 Å². The molecule has 1 saturated heterocycles. The third-order valence-electron chi connectivity index (χ3n) is 4.02. The Morgan fingerprint density at radius 1 is 1.12 bits per heavy atom. The zero-order valence-corrected chi connectivity index (χ0v) is 13.2. The summed E-state index contributed by atoms with van der Waals surface area (Å²) in [6, 6.07) is 3.53. The SMILES string of the molecule is NC(=O)C1CCN(C(=O)COC(=O)c2ccc(C(F)(F)F)cc2)CC1. The Hall–Kier alpha value is -2.58. The highest BCUT2D eigenvalue weighted by molar-refractivity contribution is 5.91. The second kappa shape index (κ2) is 7.54. The summed E-state index contributed by atoms with van der Waals surface area (Å²) in [7, 11) is 0. The summed E-state index contributed by atoms with van der Waals surface area (Å²) < 4.78 is 42.2. The number of primary amides is 1. The highest BCUT2D eigenvalue weighted by Gasteiger charge is 2.30. The third kappa shape index (κ3) is 4.94. The Labute approximate surface area is 141 Å². The second-order valence-corrected chi connectivity index (χ2v) is 5.71. The van der Waals surface area contributed by atoms with E-state index in [0.29, 0.717) is 25.9 Å². The van der Waals surface area contributed by atoms with Crippen molar-refractivity contribution in [3.8, 4) is 0 Å². The number of amides is 2. The molecule has 2 rings (SSSR count). The fourth-order valence-electron chi connectivity index (χ4n) is 2.51. The van der Waals surface area contributed by atoms with E-state index in [-0.39, 0.29) is 11.5 Å². The van der Waals surface area contributed by atoms with Crippen LogP contribution in [0, 0.1) is 5.92 Å². The van der Waals surface area contributed by atoms with E-state index in [4.69, 9.17) is 10.5 Å². The second-order valence-electron chi connectivity index (χ2n) is 5.71. The van der Waals surface area contributed by atoms with Gasteiger partial charge < -0.3 is 15.4 Å². The molecule has 2 amide bonds. The average Bonchev–Trinajstić information content (AvgIpc) is 2.58. The van der Waals surface area contributed by atoms with Crippen LogP contribution in [0.2, 0.25) is 0 Å². The Morgan fingerprint density at radius 2 is 1.68 bits per heavy atom. The third-order valence-corrected chi connectivity index (χ3v) is 4.02. The number of esters is 1. The summed E-state index contributed by atoms with van der Waals surface area (Å²) in [4.78, 5) is 36.3. The molecule has 9 heteroatoms. The van der Waals surface area contributed by atoms with Crippen molar-refractivity contribution in [2.24, 2.45) is 11.7 Å². The first kappa shape index (κ1) is 18.8. The first-order valence-electron chi connectivity index (χ1n) is 7.60. The number of carbonyl (C=O) groups is 3. The van der Waals surface area contributed by atoms with Crippen molar-refractivity contribution in [1.29, 1.82) is 0 Å². The lowest BCUT2D eigenvalue weighted by Gasteiger charge is -2.30. The van der Waals surface area contributed by atoms with Gasteiger partial charge in [0.1, 0.15) is 0 Å². The van der Waals surface area contributed by atoms with Gasteiger partial charge in [0, 0.05) is 19.0 Å². The van der Waals surface area contributed by atoms with Crippen molar-refractivity contribution >= 4 is 17.8 Å². The predicted molar refractivity (Wildman–Crippen MR) is 80.2 cm³/mol. The van der Waals surface area contributed by atoms with Crippen molar-refractivity contribution in [1.82, 2.24) is 4.90 Å². The van der Waals surface area contributed by atoms with Gasteiger partial charge in [-0.25, -0.2) is 4.79 Å². The molecule has 0 radical (unpaired) electrons. The Balaban J connectivity index is 1.83. The molecule has 136 valence electrons. The molecule has 6 nitrogen and oxygen atoms in total. The molecule has 0 unspecified atom stereocenters. The van der Waals surface area contributed by atoms with Crippen LogP contribution in [0.4, 0.5) is 13.2 Å². The van der Waals surface area contributed by atoms with Crippen LogP contribution in [-0.2, 0) is 20.5 Å².